The second-order valence-corrected chi connectivity index (χ2v) is 5.01. The van der Waals surface area contributed by atoms with Crippen molar-refractivity contribution in [3.63, 3.8) is 0 Å². The number of hydrogen-bond acceptors (Lipinski definition) is 4. The normalized spacial score (nSPS) is 19.4. The minimum Gasteiger partial charge on any atom is -0.336 e. The maximum Gasteiger partial charge on any atom is 0.350 e. The molecule has 0 bridgehead atoms. The monoisotopic (exact) mass is 275 g/mol. The molecule has 1 amide bonds. The lowest BCUT2D eigenvalue weighted by molar-refractivity contribution is -0.134. The molecular weight excluding hydrogens is 258 g/mol. The van der Waals surface area contributed by atoms with E-state index in [9.17, 15) is 9.59 Å². The summed E-state index contributed by atoms with van der Waals surface area (Å²) in [6, 6.07) is 5.46. The lowest BCUT2D eigenvalue weighted by Gasteiger charge is -2.33. The summed E-state index contributed by atoms with van der Waals surface area (Å²) in [6.07, 6.45) is 1.65. The highest BCUT2D eigenvalue weighted by Crippen LogP contribution is 2.04. The van der Waals surface area contributed by atoms with E-state index >= 15 is 0 Å². The van der Waals surface area contributed by atoms with Gasteiger partial charge in [-0.05, 0) is 19.1 Å². The van der Waals surface area contributed by atoms with Gasteiger partial charge in [0.05, 0.1) is 0 Å². The van der Waals surface area contributed by atoms with E-state index in [1.165, 1.54) is 9.08 Å². The van der Waals surface area contributed by atoms with Crippen molar-refractivity contribution >= 4 is 11.6 Å². The van der Waals surface area contributed by atoms with Gasteiger partial charge in [0, 0.05) is 31.9 Å². The second kappa shape index (κ2) is 5.09. The number of nitrogens with one attached hydrogen (secondary N) is 1. The molecule has 20 heavy (non-hydrogen) atoms. The van der Waals surface area contributed by atoms with Crippen molar-refractivity contribution in [2.24, 2.45) is 0 Å². The molecule has 0 aliphatic carbocycles. The summed E-state index contributed by atoms with van der Waals surface area (Å²) >= 11 is 0. The Kier molecular flexibility index (Phi) is 3.27. The van der Waals surface area contributed by atoms with E-state index in [2.05, 4.69) is 10.4 Å². The Morgan fingerprint density at radius 2 is 2.35 bits per heavy atom. The number of carbonyl (C=O) groups is 1. The van der Waals surface area contributed by atoms with Crippen LogP contribution in [0.25, 0.3) is 5.65 Å². The zero-order valence-electron chi connectivity index (χ0n) is 11.3. The first-order chi connectivity index (χ1) is 9.66. The Balaban J connectivity index is 1.84. The van der Waals surface area contributed by atoms with Gasteiger partial charge >= 0.3 is 5.69 Å². The molecule has 7 heteroatoms. The minimum absolute atomic E-state index is 0.00907. The van der Waals surface area contributed by atoms with Gasteiger partial charge in [-0.15, -0.1) is 5.10 Å². The van der Waals surface area contributed by atoms with E-state index in [0.717, 1.165) is 13.1 Å². The van der Waals surface area contributed by atoms with E-state index in [1.54, 1.807) is 23.2 Å². The van der Waals surface area contributed by atoms with Crippen LogP contribution in [-0.4, -0.2) is 50.7 Å². The fraction of sp³-hybridized carbons (Fsp3) is 0.462. The van der Waals surface area contributed by atoms with Gasteiger partial charge in [0.2, 0.25) is 5.91 Å². The fourth-order valence-corrected chi connectivity index (χ4v) is 2.50. The third-order valence-electron chi connectivity index (χ3n) is 3.60. The highest BCUT2D eigenvalue weighted by Gasteiger charge is 2.24. The number of fused-ring (bicyclic) bond motifs is 1. The third kappa shape index (κ3) is 2.20. The summed E-state index contributed by atoms with van der Waals surface area (Å²) in [6.45, 7) is 4.23. The first kappa shape index (κ1) is 12.9. The highest BCUT2D eigenvalue weighted by molar-refractivity contribution is 5.76. The molecule has 2 aromatic heterocycles. The van der Waals surface area contributed by atoms with Gasteiger partial charge in [-0.1, -0.05) is 6.07 Å². The summed E-state index contributed by atoms with van der Waals surface area (Å²) in [5.41, 5.74) is 0.274. The number of rotatable bonds is 2. The van der Waals surface area contributed by atoms with Gasteiger partial charge in [0.25, 0.3) is 0 Å². The van der Waals surface area contributed by atoms with Gasteiger partial charge in [0.15, 0.2) is 5.65 Å². The molecule has 1 fully saturated rings. The molecule has 1 aliphatic rings. The Hall–Kier alpha value is -2.15. The Labute approximate surface area is 115 Å². The molecule has 1 aliphatic heterocycles. The van der Waals surface area contributed by atoms with E-state index in [-0.39, 0.29) is 24.2 Å². The topological polar surface area (TPSA) is 71.6 Å². The smallest absolute Gasteiger partial charge is 0.336 e. The molecule has 106 valence electrons. The van der Waals surface area contributed by atoms with E-state index in [1.807, 2.05) is 13.0 Å². The summed E-state index contributed by atoms with van der Waals surface area (Å²) in [4.78, 5) is 26.2. The predicted octanol–water partition coefficient (Wildman–Crippen LogP) is -0.684. The average molecular weight is 275 g/mol. The van der Waals surface area contributed by atoms with Crippen LogP contribution in [0.3, 0.4) is 0 Å². The van der Waals surface area contributed by atoms with Crippen LogP contribution >= 0.6 is 0 Å². The SMILES string of the molecule is C[C@@H]1CNCCN1C(=O)Cn1nc2ccccn2c1=O. The van der Waals surface area contributed by atoms with Crippen molar-refractivity contribution in [3.8, 4) is 0 Å². The van der Waals surface area contributed by atoms with Gasteiger partial charge in [-0.2, -0.15) is 0 Å². The Morgan fingerprint density at radius 1 is 1.50 bits per heavy atom. The molecule has 0 radical (unpaired) electrons. The Bertz CT molecular complexity index is 689. The largest absolute Gasteiger partial charge is 0.350 e. The zero-order chi connectivity index (χ0) is 14.1. The second-order valence-electron chi connectivity index (χ2n) is 5.01. The summed E-state index contributed by atoms with van der Waals surface area (Å²) < 4.78 is 2.67. The van der Waals surface area contributed by atoms with Crippen LogP contribution in [0.5, 0.6) is 0 Å². The summed E-state index contributed by atoms with van der Waals surface area (Å²) in [5.74, 6) is -0.0653. The van der Waals surface area contributed by atoms with Crippen LogP contribution in [0.2, 0.25) is 0 Å². The molecule has 0 saturated carbocycles. The quantitative estimate of drug-likeness (QED) is 0.788. The van der Waals surface area contributed by atoms with Gasteiger partial charge < -0.3 is 10.2 Å². The first-order valence-electron chi connectivity index (χ1n) is 6.71. The van der Waals surface area contributed by atoms with Crippen molar-refractivity contribution in [1.29, 1.82) is 0 Å². The lowest BCUT2D eigenvalue weighted by Crippen LogP contribution is -2.53. The van der Waals surface area contributed by atoms with Crippen LogP contribution < -0.4 is 11.0 Å². The standard InChI is InChI=1S/C13H17N5O2/c1-10-8-14-5-7-16(10)12(19)9-18-13(20)17-6-3-2-4-11(17)15-18/h2-4,6,10,14H,5,7-9H2,1H3/t10-/m1/s1. The van der Waals surface area contributed by atoms with Crippen LogP contribution in [0.15, 0.2) is 29.2 Å². The molecule has 0 unspecified atom stereocenters. The van der Waals surface area contributed by atoms with Gasteiger partial charge in [-0.25, -0.2) is 9.48 Å². The molecule has 1 saturated heterocycles. The minimum atomic E-state index is -0.281. The van der Waals surface area contributed by atoms with Crippen LogP contribution in [0.4, 0.5) is 0 Å². The average Bonchev–Trinajstić information content (AvgIpc) is 2.76. The maximum atomic E-state index is 12.3. The first-order valence-corrected chi connectivity index (χ1v) is 6.71. The van der Waals surface area contributed by atoms with Gasteiger partial charge in [0.1, 0.15) is 6.54 Å². The summed E-state index contributed by atoms with van der Waals surface area (Å²) in [5, 5.41) is 7.41. The highest BCUT2D eigenvalue weighted by atomic mass is 16.2. The Morgan fingerprint density at radius 3 is 3.10 bits per heavy atom. The van der Waals surface area contributed by atoms with Crippen molar-refractivity contribution in [2.45, 2.75) is 19.5 Å². The van der Waals surface area contributed by atoms with Crippen molar-refractivity contribution in [2.75, 3.05) is 19.6 Å². The van der Waals surface area contributed by atoms with E-state index in [0.29, 0.717) is 12.2 Å². The number of nitrogens with zero attached hydrogens (tertiary/aromatic N) is 4. The number of aromatic nitrogens is 3. The number of piperazine rings is 1. The van der Waals surface area contributed by atoms with E-state index in [4.69, 9.17) is 0 Å². The number of hydrogen-bond donors (Lipinski definition) is 1. The molecule has 3 rings (SSSR count). The molecule has 1 atom stereocenters. The fourth-order valence-electron chi connectivity index (χ4n) is 2.50. The van der Waals surface area contributed by atoms with Crippen molar-refractivity contribution in [1.82, 2.24) is 24.4 Å². The number of amides is 1. The van der Waals surface area contributed by atoms with Crippen LogP contribution in [0, 0.1) is 0 Å². The van der Waals surface area contributed by atoms with E-state index < -0.39 is 0 Å². The van der Waals surface area contributed by atoms with Crippen molar-refractivity contribution in [3.05, 3.63) is 34.9 Å². The molecule has 1 N–H and O–H groups in total. The zero-order valence-corrected chi connectivity index (χ0v) is 11.3. The predicted molar refractivity (Wildman–Crippen MR) is 73.5 cm³/mol. The maximum absolute atomic E-state index is 12.3. The number of pyridine rings is 1. The number of carbonyl (C=O) groups excluding carboxylic acids is 1. The van der Waals surface area contributed by atoms with Crippen LogP contribution in [0.1, 0.15) is 6.92 Å². The molecule has 3 heterocycles. The molecule has 0 spiro atoms. The summed E-state index contributed by atoms with van der Waals surface area (Å²) in [7, 11) is 0. The lowest BCUT2D eigenvalue weighted by atomic mass is 10.2. The molecule has 2 aromatic rings. The molecule has 0 aromatic carbocycles. The third-order valence-corrected chi connectivity index (χ3v) is 3.60. The molecule has 7 nitrogen and oxygen atoms in total. The van der Waals surface area contributed by atoms with Crippen molar-refractivity contribution < 1.29 is 4.79 Å². The molecular formula is C13H17N5O2. The van der Waals surface area contributed by atoms with Crippen LogP contribution in [-0.2, 0) is 11.3 Å². The van der Waals surface area contributed by atoms with Gasteiger partial charge in [-0.3, -0.25) is 9.20 Å².